The molecule has 2 rings (SSSR count). The maximum atomic E-state index is 5.30. The fraction of sp³-hybridized carbons (Fsp3) is 0.462. The van der Waals surface area contributed by atoms with Gasteiger partial charge in [-0.25, -0.2) is 0 Å². The zero-order valence-electron chi connectivity index (χ0n) is 10.9. The maximum Gasteiger partial charge on any atom is 2.00 e. The molecule has 1 fully saturated rings. The van der Waals surface area contributed by atoms with Gasteiger partial charge in [0, 0.05) is 18.8 Å². The molecule has 4 nitrogen and oxygen atoms in total. The van der Waals surface area contributed by atoms with Crippen LogP contribution in [0.1, 0.15) is 30.7 Å². The van der Waals surface area contributed by atoms with Crippen LogP contribution in [0.3, 0.4) is 0 Å². The first-order chi connectivity index (χ1) is 8.75. The van der Waals surface area contributed by atoms with Crippen molar-refractivity contribution >= 4 is 23.5 Å². The van der Waals surface area contributed by atoms with E-state index in [0.29, 0.717) is 5.11 Å². The minimum Gasteiger partial charge on any atom is -0.348 e. The number of nitrogens with zero attached hydrogens (tertiary/aromatic N) is 3. The molecule has 0 amide bonds. The van der Waals surface area contributed by atoms with Crippen molar-refractivity contribution in [3.05, 3.63) is 29.6 Å². The molecule has 1 N–H and O–H groups in total. The van der Waals surface area contributed by atoms with Crippen LogP contribution in [0.5, 0.6) is 0 Å². The Morgan fingerprint density at radius 3 is 2.79 bits per heavy atom. The summed E-state index contributed by atoms with van der Waals surface area (Å²) in [6.07, 6.45) is 5.43. The van der Waals surface area contributed by atoms with E-state index < -0.39 is 0 Å². The number of pyridine rings is 1. The van der Waals surface area contributed by atoms with Crippen molar-refractivity contribution in [2.45, 2.75) is 26.2 Å². The van der Waals surface area contributed by atoms with Crippen LogP contribution in [-0.2, 0) is 17.1 Å². The Balaban J connectivity index is 0.00000180. The Bertz CT molecular complexity index is 444. The average molecular weight is 326 g/mol. The van der Waals surface area contributed by atoms with E-state index in [-0.39, 0.29) is 17.1 Å². The number of aryl methyl sites for hydroxylation is 1. The van der Waals surface area contributed by atoms with Gasteiger partial charge in [0.1, 0.15) is 0 Å². The topological polar surface area (TPSA) is 40.5 Å². The SMILES string of the molecule is Cc1cccc(C=NNC(=S)N2CCCCC2)n1.[Cu+2]. The zero-order valence-corrected chi connectivity index (χ0v) is 12.7. The molecule has 0 aliphatic carbocycles. The molecule has 1 radical (unpaired) electrons. The van der Waals surface area contributed by atoms with E-state index in [1.165, 1.54) is 19.3 Å². The van der Waals surface area contributed by atoms with Gasteiger partial charge in [-0.15, -0.1) is 0 Å². The number of hydrogen-bond acceptors (Lipinski definition) is 3. The number of likely N-dealkylation sites (tertiary alicyclic amines) is 1. The number of nitrogens with one attached hydrogen (secondary N) is 1. The summed E-state index contributed by atoms with van der Waals surface area (Å²) in [5, 5.41) is 4.84. The summed E-state index contributed by atoms with van der Waals surface area (Å²) in [4.78, 5) is 6.50. The van der Waals surface area contributed by atoms with E-state index >= 15 is 0 Å². The molecule has 6 heteroatoms. The van der Waals surface area contributed by atoms with Crippen LogP contribution < -0.4 is 5.43 Å². The number of piperidine rings is 1. The number of thiocarbonyl (C=S) groups is 1. The summed E-state index contributed by atoms with van der Waals surface area (Å²) in [5.74, 6) is 0. The van der Waals surface area contributed by atoms with Crippen LogP contribution in [0.15, 0.2) is 23.3 Å². The molecule has 1 saturated heterocycles. The van der Waals surface area contributed by atoms with Crippen LogP contribution in [0.4, 0.5) is 0 Å². The Labute approximate surface area is 130 Å². The normalized spacial score (nSPS) is 15.1. The molecule has 19 heavy (non-hydrogen) atoms. The van der Waals surface area contributed by atoms with Gasteiger partial charge in [0.2, 0.25) is 0 Å². The molecule has 0 saturated carbocycles. The van der Waals surface area contributed by atoms with Gasteiger partial charge in [0.15, 0.2) is 5.11 Å². The molecule has 0 bridgehead atoms. The summed E-state index contributed by atoms with van der Waals surface area (Å²) in [5.41, 5.74) is 4.73. The van der Waals surface area contributed by atoms with Crippen molar-refractivity contribution in [3.63, 3.8) is 0 Å². The van der Waals surface area contributed by atoms with Gasteiger partial charge in [0.25, 0.3) is 0 Å². The molecule has 1 aliphatic heterocycles. The first-order valence-corrected chi connectivity index (χ1v) is 6.68. The second-order valence-corrected chi connectivity index (χ2v) is 4.81. The van der Waals surface area contributed by atoms with Gasteiger partial charge < -0.3 is 4.90 Å². The van der Waals surface area contributed by atoms with Crippen LogP contribution >= 0.6 is 12.2 Å². The molecular formula is C13H18CuN4S+2. The Hall–Kier alpha value is -0.971. The number of aromatic nitrogens is 1. The number of hydrazone groups is 1. The zero-order chi connectivity index (χ0) is 12.8. The summed E-state index contributed by atoms with van der Waals surface area (Å²) < 4.78 is 0. The van der Waals surface area contributed by atoms with E-state index in [1.807, 2.05) is 25.1 Å². The average Bonchev–Trinajstić information content (AvgIpc) is 2.40. The second kappa shape index (κ2) is 8.25. The summed E-state index contributed by atoms with van der Waals surface area (Å²) >= 11 is 5.30. The van der Waals surface area contributed by atoms with Crippen molar-refractivity contribution in [1.29, 1.82) is 0 Å². The largest absolute Gasteiger partial charge is 2.00 e. The van der Waals surface area contributed by atoms with Gasteiger partial charge in [-0.05, 0) is 50.5 Å². The first kappa shape index (κ1) is 16.1. The minimum atomic E-state index is 0. The Morgan fingerprint density at radius 2 is 2.11 bits per heavy atom. The van der Waals surface area contributed by atoms with Crippen molar-refractivity contribution in [2.75, 3.05) is 13.1 Å². The van der Waals surface area contributed by atoms with E-state index in [4.69, 9.17) is 12.2 Å². The summed E-state index contributed by atoms with van der Waals surface area (Å²) in [7, 11) is 0. The molecule has 0 aromatic carbocycles. The van der Waals surface area contributed by atoms with Crippen molar-refractivity contribution in [3.8, 4) is 0 Å². The molecule has 0 unspecified atom stereocenters. The first-order valence-electron chi connectivity index (χ1n) is 6.27. The van der Waals surface area contributed by atoms with Crippen molar-refractivity contribution < 1.29 is 17.1 Å². The smallest absolute Gasteiger partial charge is 0.348 e. The van der Waals surface area contributed by atoms with Crippen LogP contribution in [0.2, 0.25) is 0 Å². The van der Waals surface area contributed by atoms with Crippen LogP contribution in [-0.4, -0.2) is 34.3 Å². The van der Waals surface area contributed by atoms with E-state index in [9.17, 15) is 0 Å². The van der Waals surface area contributed by atoms with Gasteiger partial charge in [-0.3, -0.25) is 10.4 Å². The second-order valence-electron chi connectivity index (χ2n) is 4.43. The molecule has 1 aromatic rings. The molecule has 2 heterocycles. The predicted molar refractivity (Wildman–Crippen MR) is 77.7 cm³/mol. The molecular weight excluding hydrogens is 308 g/mol. The third-order valence-corrected chi connectivity index (χ3v) is 3.26. The minimum absolute atomic E-state index is 0. The maximum absolute atomic E-state index is 5.30. The van der Waals surface area contributed by atoms with E-state index in [1.54, 1.807) is 6.21 Å². The summed E-state index contributed by atoms with van der Waals surface area (Å²) in [6.45, 7) is 4.03. The van der Waals surface area contributed by atoms with Gasteiger partial charge in [-0.2, -0.15) is 5.10 Å². The molecule has 105 valence electrons. The van der Waals surface area contributed by atoms with Crippen molar-refractivity contribution in [2.24, 2.45) is 5.10 Å². The number of rotatable bonds is 2. The van der Waals surface area contributed by atoms with Gasteiger partial charge >= 0.3 is 17.1 Å². The summed E-state index contributed by atoms with van der Waals surface area (Å²) in [6, 6.07) is 5.85. The monoisotopic (exact) mass is 325 g/mol. The number of hydrogen-bond donors (Lipinski definition) is 1. The van der Waals surface area contributed by atoms with Gasteiger partial charge in [-0.1, -0.05) is 6.07 Å². The van der Waals surface area contributed by atoms with Gasteiger partial charge in [0.05, 0.1) is 11.9 Å². The Morgan fingerprint density at radius 1 is 1.37 bits per heavy atom. The molecule has 1 aliphatic rings. The van der Waals surface area contributed by atoms with Crippen LogP contribution in [0.25, 0.3) is 0 Å². The fourth-order valence-electron chi connectivity index (χ4n) is 1.96. The predicted octanol–water partition coefficient (Wildman–Crippen LogP) is 2.08. The van der Waals surface area contributed by atoms with Crippen molar-refractivity contribution in [1.82, 2.24) is 15.3 Å². The molecule has 0 spiro atoms. The quantitative estimate of drug-likeness (QED) is 0.391. The standard InChI is InChI=1S/C13H18N4S.Cu/c1-11-6-5-7-12(15-11)10-14-16-13(18)17-8-3-2-4-9-17;/h5-7,10H,2-4,8-9H2,1H3,(H,16,18);/q;+2. The Kier molecular flexibility index (Phi) is 6.98. The van der Waals surface area contributed by atoms with E-state index in [0.717, 1.165) is 24.5 Å². The third kappa shape index (κ3) is 5.27. The molecule has 0 atom stereocenters. The third-order valence-electron chi connectivity index (χ3n) is 2.91. The van der Waals surface area contributed by atoms with E-state index in [2.05, 4.69) is 20.4 Å². The van der Waals surface area contributed by atoms with Crippen LogP contribution in [0, 0.1) is 6.92 Å². The fourth-order valence-corrected chi connectivity index (χ4v) is 2.19. The molecule has 1 aromatic heterocycles.